The van der Waals surface area contributed by atoms with Crippen LogP contribution in [0.4, 0.5) is 4.39 Å². The molecule has 1 aromatic carbocycles. The number of hydrogen-bond acceptors (Lipinski definition) is 6. The minimum absolute atomic E-state index is 0.282. The summed E-state index contributed by atoms with van der Waals surface area (Å²) in [5, 5.41) is 12.4. The van der Waals surface area contributed by atoms with Gasteiger partial charge in [0, 0.05) is 18.7 Å². The molecular weight excluding hydrogens is 323 g/mol. The number of hydrogen-bond donors (Lipinski definition) is 0. The normalized spacial score (nSPS) is 18.5. The highest BCUT2D eigenvalue weighted by molar-refractivity contribution is 5.51. The van der Waals surface area contributed by atoms with Crippen LogP contribution in [0.25, 0.3) is 11.5 Å². The predicted octanol–water partition coefficient (Wildman–Crippen LogP) is 2.38. The number of rotatable bonds is 5. The summed E-state index contributed by atoms with van der Waals surface area (Å²) < 4.78 is 20.6. The van der Waals surface area contributed by atoms with Gasteiger partial charge in [-0.2, -0.15) is 5.10 Å². The van der Waals surface area contributed by atoms with Crippen molar-refractivity contribution in [3.05, 3.63) is 48.6 Å². The largest absolute Gasteiger partial charge is 0.419 e. The van der Waals surface area contributed by atoms with Crippen molar-refractivity contribution in [1.29, 1.82) is 0 Å². The zero-order valence-corrected chi connectivity index (χ0v) is 13.8. The van der Waals surface area contributed by atoms with E-state index >= 15 is 0 Å². The van der Waals surface area contributed by atoms with E-state index in [1.807, 2.05) is 4.68 Å². The Morgan fingerprint density at radius 2 is 2.08 bits per heavy atom. The minimum Gasteiger partial charge on any atom is -0.419 e. The van der Waals surface area contributed by atoms with E-state index in [0.29, 0.717) is 24.2 Å². The van der Waals surface area contributed by atoms with Crippen LogP contribution >= 0.6 is 0 Å². The Balaban J connectivity index is 1.37. The van der Waals surface area contributed by atoms with Crippen LogP contribution in [0.1, 0.15) is 18.7 Å². The fourth-order valence-corrected chi connectivity index (χ4v) is 3.25. The highest BCUT2D eigenvalue weighted by Crippen LogP contribution is 2.22. The monoisotopic (exact) mass is 342 g/mol. The smallest absolute Gasteiger partial charge is 0.247 e. The predicted molar refractivity (Wildman–Crippen MR) is 87.7 cm³/mol. The van der Waals surface area contributed by atoms with E-state index < -0.39 is 0 Å². The van der Waals surface area contributed by atoms with Gasteiger partial charge in [-0.3, -0.25) is 9.58 Å². The van der Waals surface area contributed by atoms with Crippen LogP contribution < -0.4 is 0 Å². The zero-order chi connectivity index (χ0) is 17.1. The molecule has 0 spiro atoms. The van der Waals surface area contributed by atoms with Gasteiger partial charge in [0.05, 0.1) is 6.54 Å². The fourth-order valence-electron chi connectivity index (χ4n) is 3.25. The minimum atomic E-state index is -0.282. The van der Waals surface area contributed by atoms with Crippen molar-refractivity contribution < 1.29 is 8.81 Å². The SMILES string of the molecule is Fc1ccc(-c2nnc(CN3CCC[C@H](Cn4cncn4)C3)o2)cc1. The maximum Gasteiger partial charge on any atom is 0.247 e. The van der Waals surface area contributed by atoms with E-state index in [0.717, 1.165) is 31.6 Å². The molecule has 0 saturated carbocycles. The van der Waals surface area contributed by atoms with Crippen LogP contribution in [0.2, 0.25) is 0 Å². The van der Waals surface area contributed by atoms with Gasteiger partial charge in [-0.15, -0.1) is 10.2 Å². The number of aromatic nitrogens is 5. The molecule has 4 rings (SSSR count). The summed E-state index contributed by atoms with van der Waals surface area (Å²) in [6, 6.07) is 6.06. The molecule has 0 bridgehead atoms. The highest BCUT2D eigenvalue weighted by atomic mass is 19.1. The van der Waals surface area contributed by atoms with Gasteiger partial charge < -0.3 is 4.42 Å². The first-order chi connectivity index (χ1) is 12.3. The lowest BCUT2D eigenvalue weighted by atomic mass is 9.98. The molecule has 0 unspecified atom stereocenters. The van der Waals surface area contributed by atoms with E-state index in [2.05, 4.69) is 25.2 Å². The molecule has 1 atom stereocenters. The first-order valence-electron chi connectivity index (χ1n) is 8.39. The molecule has 7 nitrogen and oxygen atoms in total. The molecule has 2 aromatic heterocycles. The molecule has 0 aliphatic carbocycles. The van der Waals surface area contributed by atoms with Gasteiger partial charge in [0.15, 0.2) is 0 Å². The maximum atomic E-state index is 13.0. The first kappa shape index (κ1) is 15.9. The maximum absolute atomic E-state index is 13.0. The van der Waals surface area contributed by atoms with Crippen LogP contribution in [-0.4, -0.2) is 43.0 Å². The fraction of sp³-hybridized carbons (Fsp3) is 0.412. The standard InChI is InChI=1S/C17H19FN6O/c18-15-5-3-14(4-6-15)17-22-21-16(25-17)10-23-7-1-2-13(8-23)9-24-12-19-11-20-24/h3-6,11-13H,1-2,7-10H2/t13-/m0/s1. The van der Waals surface area contributed by atoms with Crippen LogP contribution in [-0.2, 0) is 13.1 Å². The van der Waals surface area contributed by atoms with Crippen LogP contribution in [0.5, 0.6) is 0 Å². The first-order valence-corrected chi connectivity index (χ1v) is 8.39. The summed E-state index contributed by atoms with van der Waals surface area (Å²) in [5.41, 5.74) is 0.725. The van der Waals surface area contributed by atoms with E-state index in [1.165, 1.54) is 18.6 Å². The average molecular weight is 342 g/mol. The summed E-state index contributed by atoms with van der Waals surface area (Å²) in [4.78, 5) is 6.32. The van der Waals surface area contributed by atoms with Gasteiger partial charge in [-0.1, -0.05) is 0 Å². The second kappa shape index (κ2) is 7.10. The molecule has 3 heterocycles. The number of likely N-dealkylation sites (tertiary alicyclic amines) is 1. The van der Waals surface area contributed by atoms with E-state index in [-0.39, 0.29) is 5.82 Å². The van der Waals surface area contributed by atoms with Crippen molar-refractivity contribution in [3.63, 3.8) is 0 Å². The Labute approximate surface area is 144 Å². The lowest BCUT2D eigenvalue weighted by Gasteiger charge is -2.31. The van der Waals surface area contributed by atoms with Gasteiger partial charge in [-0.05, 0) is 49.6 Å². The van der Waals surface area contributed by atoms with Crippen LogP contribution in [0.3, 0.4) is 0 Å². The van der Waals surface area contributed by atoms with Crippen molar-refractivity contribution >= 4 is 0 Å². The summed E-state index contributed by atoms with van der Waals surface area (Å²) in [7, 11) is 0. The Morgan fingerprint density at radius 1 is 1.20 bits per heavy atom. The van der Waals surface area contributed by atoms with Crippen molar-refractivity contribution in [2.75, 3.05) is 13.1 Å². The molecule has 0 amide bonds. The second-order valence-corrected chi connectivity index (χ2v) is 6.37. The summed E-state index contributed by atoms with van der Waals surface area (Å²) in [6.07, 6.45) is 5.64. The van der Waals surface area contributed by atoms with Crippen LogP contribution in [0.15, 0.2) is 41.3 Å². The van der Waals surface area contributed by atoms with E-state index in [4.69, 9.17) is 4.42 Å². The van der Waals surface area contributed by atoms with E-state index in [1.54, 1.807) is 24.8 Å². The number of benzene rings is 1. The van der Waals surface area contributed by atoms with Crippen molar-refractivity contribution in [1.82, 2.24) is 29.9 Å². The van der Waals surface area contributed by atoms with Gasteiger partial charge in [-0.25, -0.2) is 9.37 Å². The molecule has 3 aromatic rings. The summed E-state index contributed by atoms with van der Waals surface area (Å²) >= 11 is 0. The third-order valence-corrected chi connectivity index (χ3v) is 4.43. The highest BCUT2D eigenvalue weighted by Gasteiger charge is 2.22. The van der Waals surface area contributed by atoms with Gasteiger partial charge in [0.25, 0.3) is 0 Å². The Kier molecular flexibility index (Phi) is 4.51. The van der Waals surface area contributed by atoms with Gasteiger partial charge in [0.2, 0.25) is 11.8 Å². The summed E-state index contributed by atoms with van der Waals surface area (Å²) in [5.74, 6) is 1.26. The molecule has 0 radical (unpaired) electrons. The summed E-state index contributed by atoms with van der Waals surface area (Å²) in [6.45, 7) is 3.49. The van der Waals surface area contributed by atoms with Gasteiger partial charge in [0.1, 0.15) is 18.5 Å². The molecule has 1 aliphatic heterocycles. The molecule has 1 fully saturated rings. The third-order valence-electron chi connectivity index (χ3n) is 4.43. The van der Waals surface area contributed by atoms with Crippen molar-refractivity contribution in [3.8, 4) is 11.5 Å². The molecule has 25 heavy (non-hydrogen) atoms. The van der Waals surface area contributed by atoms with Crippen molar-refractivity contribution in [2.24, 2.45) is 5.92 Å². The van der Waals surface area contributed by atoms with Crippen molar-refractivity contribution in [2.45, 2.75) is 25.9 Å². The lowest BCUT2D eigenvalue weighted by Crippen LogP contribution is -2.36. The molecule has 1 aliphatic rings. The van der Waals surface area contributed by atoms with Gasteiger partial charge >= 0.3 is 0 Å². The molecule has 0 N–H and O–H groups in total. The Morgan fingerprint density at radius 3 is 2.88 bits per heavy atom. The number of piperidine rings is 1. The lowest BCUT2D eigenvalue weighted by molar-refractivity contribution is 0.142. The molecule has 1 saturated heterocycles. The average Bonchev–Trinajstić information content (AvgIpc) is 3.28. The zero-order valence-electron chi connectivity index (χ0n) is 13.8. The number of nitrogens with zero attached hydrogens (tertiary/aromatic N) is 6. The molecular formula is C17H19FN6O. The number of halogens is 1. The Hall–Kier alpha value is -2.61. The molecule has 130 valence electrons. The quantitative estimate of drug-likeness (QED) is 0.709. The van der Waals surface area contributed by atoms with Crippen LogP contribution in [0, 0.1) is 11.7 Å². The third kappa shape index (κ3) is 3.90. The topological polar surface area (TPSA) is 72.9 Å². The Bertz CT molecular complexity index is 801. The van der Waals surface area contributed by atoms with E-state index in [9.17, 15) is 4.39 Å². The molecule has 8 heteroatoms. The second-order valence-electron chi connectivity index (χ2n) is 6.37.